The van der Waals surface area contributed by atoms with Crippen LogP contribution >= 0.6 is 0 Å². The maximum atomic E-state index is 9.25. The Morgan fingerprint density at radius 2 is 1.17 bits per heavy atom. The number of carbonyl (C=O) groups is 2. The fourth-order valence-corrected chi connectivity index (χ4v) is 0.680. The van der Waals surface area contributed by atoms with E-state index in [9.17, 15) is 9.59 Å². The van der Waals surface area contributed by atoms with Crippen LogP contribution in [0, 0.1) is 27.0 Å². The Labute approximate surface area is 160 Å². The van der Waals surface area contributed by atoms with E-state index >= 15 is 0 Å². The van der Waals surface area contributed by atoms with Crippen molar-refractivity contribution in [3.63, 3.8) is 0 Å². The molecule has 2 aliphatic rings. The van der Waals surface area contributed by atoms with E-state index in [1.807, 2.05) is 51.1 Å². The molecule has 4 nitrogen and oxygen atoms in total. The molecular formula is C18H26O4SiTi-4. The third-order valence-electron chi connectivity index (χ3n) is 1.52. The fourth-order valence-electron chi connectivity index (χ4n) is 0.680. The van der Waals surface area contributed by atoms with Gasteiger partial charge in [0.15, 0.2) is 0 Å². The second-order valence-electron chi connectivity index (χ2n) is 3.09. The standard InChI is InChI=1S/2C5H5.2C3H4O2.2CH3.H2Si.Ti/c2*1-2-4-5-3-1;2*1-2-3(4)5;;;;/h2*1-3H,4H2;2*2H,1H2,(H,4,5);2*1H3;1H2;/q2*-1;;;2*-1;;. The number of rotatable bonds is 2. The molecule has 2 aliphatic carbocycles. The molecule has 0 radical (unpaired) electrons. The molecule has 0 unspecified atom stereocenters. The molecule has 2 rings (SSSR count). The summed E-state index contributed by atoms with van der Waals surface area (Å²) >= 11 is 2.03. The molecule has 0 heterocycles. The van der Waals surface area contributed by atoms with Gasteiger partial charge in [-0.25, -0.2) is 33.9 Å². The van der Waals surface area contributed by atoms with Crippen molar-refractivity contribution in [2.75, 3.05) is 0 Å². The molecule has 0 aromatic heterocycles. The first-order valence-electron chi connectivity index (χ1n) is 6.04. The van der Waals surface area contributed by atoms with E-state index in [0.29, 0.717) is 0 Å². The van der Waals surface area contributed by atoms with Crippen molar-refractivity contribution in [2.24, 2.45) is 0 Å². The van der Waals surface area contributed by atoms with Gasteiger partial charge >= 0.3 is 38.7 Å². The van der Waals surface area contributed by atoms with Gasteiger partial charge in [-0.05, 0) is 0 Å². The van der Waals surface area contributed by atoms with Gasteiger partial charge < -0.3 is 25.1 Å². The van der Waals surface area contributed by atoms with Gasteiger partial charge in [0.2, 0.25) is 0 Å². The van der Waals surface area contributed by atoms with Crippen LogP contribution in [0.4, 0.5) is 0 Å². The van der Waals surface area contributed by atoms with Crippen LogP contribution in [0.5, 0.6) is 0 Å². The number of allylic oxidation sites excluding steroid dienone is 8. The molecular weight excluding hydrogens is 356 g/mol. The Hall–Kier alpha value is -1.69. The predicted molar refractivity (Wildman–Crippen MR) is 100 cm³/mol. The summed E-state index contributed by atoms with van der Waals surface area (Å²) in [6.45, 7) is 5.92. The summed E-state index contributed by atoms with van der Waals surface area (Å²) in [7, 11) is 1.86. The number of hydrogen-bond donors (Lipinski definition) is 2. The summed E-state index contributed by atoms with van der Waals surface area (Å²) in [5, 5.41) is 15.2. The van der Waals surface area contributed by atoms with Gasteiger partial charge in [-0.2, -0.15) is 12.2 Å². The van der Waals surface area contributed by atoms with Gasteiger partial charge in [0.25, 0.3) is 0 Å². The zero-order valence-corrected chi connectivity index (χ0v) is 17.3. The van der Waals surface area contributed by atoms with Crippen molar-refractivity contribution in [1.29, 1.82) is 0 Å². The summed E-state index contributed by atoms with van der Waals surface area (Å²) < 4.78 is 0. The molecule has 0 saturated heterocycles. The second-order valence-corrected chi connectivity index (χ2v) is 3.09. The Morgan fingerprint density at radius 1 is 0.917 bits per heavy atom. The minimum atomic E-state index is -0.981. The fraction of sp³-hybridized carbons (Fsp3) is 0.111. The molecule has 0 aromatic carbocycles. The quantitative estimate of drug-likeness (QED) is 0.437. The SMILES string of the molecule is C=CC(=O)O.C=CC(=O)O.[C-]1=CC=CC1.[C-]1=CC=CC1.[CH3-].[CH3-].[SiH2]=[Ti]. The van der Waals surface area contributed by atoms with Crippen LogP contribution in [-0.4, -0.2) is 29.8 Å². The molecule has 134 valence electrons. The van der Waals surface area contributed by atoms with Crippen molar-refractivity contribution in [3.05, 3.63) is 88.8 Å². The summed E-state index contributed by atoms with van der Waals surface area (Å²) in [4.78, 5) is 18.5. The Morgan fingerprint density at radius 3 is 1.21 bits per heavy atom. The Bertz CT molecular complexity index is 378. The molecule has 24 heavy (non-hydrogen) atoms. The number of carboxylic acids is 2. The van der Waals surface area contributed by atoms with E-state index in [1.54, 1.807) is 0 Å². The zero-order valence-electron chi connectivity index (χ0n) is 14.4. The summed E-state index contributed by atoms with van der Waals surface area (Å²) in [6.07, 6.45) is 21.7. The monoisotopic (exact) mass is 382 g/mol. The van der Waals surface area contributed by atoms with Crippen LogP contribution in [0.3, 0.4) is 0 Å². The number of aliphatic carboxylic acids is 2. The van der Waals surface area contributed by atoms with E-state index in [2.05, 4.69) is 37.5 Å². The maximum absolute atomic E-state index is 9.25. The summed E-state index contributed by atoms with van der Waals surface area (Å²) in [5.74, 6) is -1.96. The van der Waals surface area contributed by atoms with Crippen LogP contribution in [0.15, 0.2) is 61.8 Å². The first-order valence-corrected chi connectivity index (χ1v) is 10.1. The van der Waals surface area contributed by atoms with Gasteiger partial charge in [-0.1, -0.05) is 13.2 Å². The van der Waals surface area contributed by atoms with E-state index in [0.717, 1.165) is 25.0 Å². The second kappa shape index (κ2) is 33.0. The van der Waals surface area contributed by atoms with E-state index < -0.39 is 11.9 Å². The number of carboxylic acid groups (broad SMARTS) is 2. The molecule has 0 saturated carbocycles. The van der Waals surface area contributed by atoms with Crippen LogP contribution in [0.25, 0.3) is 0 Å². The van der Waals surface area contributed by atoms with Crippen LogP contribution in [-0.2, 0) is 28.8 Å². The third kappa shape index (κ3) is 50.0. The van der Waals surface area contributed by atoms with Crippen molar-refractivity contribution >= 4 is 19.6 Å². The molecule has 0 atom stereocenters. The predicted octanol–water partition coefficient (Wildman–Crippen LogP) is 3.11. The summed E-state index contributed by atoms with van der Waals surface area (Å²) in [5.41, 5.74) is 0. The topological polar surface area (TPSA) is 74.6 Å². The average molecular weight is 382 g/mol. The molecule has 2 N–H and O–H groups in total. The van der Waals surface area contributed by atoms with E-state index in [4.69, 9.17) is 10.2 Å². The molecule has 0 bridgehead atoms. The third-order valence-corrected chi connectivity index (χ3v) is 1.52. The van der Waals surface area contributed by atoms with Crippen molar-refractivity contribution < 1.29 is 39.0 Å². The molecule has 0 aliphatic heterocycles. The average Bonchev–Trinajstić information content (AvgIpc) is 3.27. The van der Waals surface area contributed by atoms with Gasteiger partial charge in [-0.15, -0.1) is 12.8 Å². The van der Waals surface area contributed by atoms with Gasteiger partial charge in [0.05, 0.1) is 0 Å². The van der Waals surface area contributed by atoms with Crippen LogP contribution in [0.1, 0.15) is 12.8 Å². The molecule has 6 heteroatoms. The Kier molecular flexibility index (Phi) is 46.6. The summed E-state index contributed by atoms with van der Waals surface area (Å²) in [6, 6.07) is 0. The van der Waals surface area contributed by atoms with Gasteiger partial charge in [0, 0.05) is 12.2 Å². The zero-order chi connectivity index (χ0) is 17.6. The van der Waals surface area contributed by atoms with Crippen molar-refractivity contribution in [2.45, 2.75) is 12.8 Å². The van der Waals surface area contributed by atoms with E-state index in [1.165, 1.54) is 0 Å². The molecule has 0 amide bonds. The van der Waals surface area contributed by atoms with Gasteiger partial charge in [-0.3, -0.25) is 12.2 Å². The van der Waals surface area contributed by atoms with Crippen molar-refractivity contribution in [3.8, 4) is 0 Å². The van der Waals surface area contributed by atoms with Crippen molar-refractivity contribution in [1.82, 2.24) is 0 Å². The molecule has 0 aromatic rings. The normalized spacial score (nSPS) is 10.1. The number of hydrogen-bond acceptors (Lipinski definition) is 2. The molecule has 0 fully saturated rings. The van der Waals surface area contributed by atoms with Crippen LogP contribution < -0.4 is 0 Å². The first-order chi connectivity index (χ1) is 10.5. The Balaban J connectivity index is -0.0000000629. The minimum absolute atomic E-state index is 0. The van der Waals surface area contributed by atoms with E-state index in [-0.39, 0.29) is 14.9 Å². The van der Waals surface area contributed by atoms with Crippen LogP contribution in [0.2, 0.25) is 0 Å². The first kappa shape index (κ1) is 33.8. The molecule has 0 spiro atoms. The van der Waals surface area contributed by atoms with Gasteiger partial charge in [0.1, 0.15) is 0 Å².